The second kappa shape index (κ2) is 5.40. The van der Waals surface area contributed by atoms with Crippen LogP contribution in [0, 0.1) is 0 Å². The van der Waals surface area contributed by atoms with E-state index in [1.807, 2.05) is 0 Å². The molecular weight excluding hydrogens is 380 g/mol. The molecule has 0 atom stereocenters. The van der Waals surface area contributed by atoms with Gasteiger partial charge in [0.05, 0.1) is 0 Å². The first-order valence-electron chi connectivity index (χ1n) is 4.21. The highest BCUT2D eigenvalue weighted by Gasteiger charge is 2.63. The number of halogens is 6. The van der Waals surface area contributed by atoms with Gasteiger partial charge < -0.3 is 0 Å². The fraction of sp³-hybridized carbons (Fsp3) is 0.600. The smallest absolute Gasteiger partial charge is 0.202 e. The number of sulfonamides is 1. The third-order valence-electron chi connectivity index (χ3n) is 1.65. The standard InChI is InChI=1S/C5H5F6NO6S3/c1-2-3-12(19(13,14)4(6,7)8)21(17,18)20(15,16)5(9,10)11/h2H,1,3H2. The van der Waals surface area contributed by atoms with Crippen molar-refractivity contribution in [3.63, 3.8) is 0 Å². The molecule has 21 heavy (non-hydrogen) atoms. The van der Waals surface area contributed by atoms with E-state index in [0.29, 0.717) is 0 Å². The predicted octanol–water partition coefficient (Wildman–Crippen LogP) is 0.503. The van der Waals surface area contributed by atoms with Crippen molar-refractivity contribution in [2.45, 2.75) is 11.0 Å². The van der Waals surface area contributed by atoms with Gasteiger partial charge in [0.25, 0.3) is 0 Å². The molecule has 126 valence electrons. The van der Waals surface area contributed by atoms with Gasteiger partial charge >= 0.3 is 39.0 Å². The lowest BCUT2D eigenvalue weighted by Gasteiger charge is -2.21. The third-order valence-corrected chi connectivity index (χ3v) is 8.92. The first-order chi connectivity index (χ1) is 8.94. The van der Waals surface area contributed by atoms with E-state index in [1.165, 1.54) is 0 Å². The van der Waals surface area contributed by atoms with Crippen molar-refractivity contribution in [3.05, 3.63) is 12.7 Å². The summed E-state index contributed by atoms with van der Waals surface area (Å²) in [5, 5.41) is 0. The Morgan fingerprint density at radius 2 is 1.24 bits per heavy atom. The van der Waals surface area contributed by atoms with Crippen molar-refractivity contribution < 1.29 is 51.6 Å². The number of alkyl halides is 6. The van der Waals surface area contributed by atoms with Crippen molar-refractivity contribution in [1.82, 2.24) is 3.71 Å². The van der Waals surface area contributed by atoms with Crippen LogP contribution in [0.5, 0.6) is 0 Å². The summed E-state index contributed by atoms with van der Waals surface area (Å²) in [5.74, 6) is 0. The summed E-state index contributed by atoms with van der Waals surface area (Å²) < 4.78 is 137. The highest BCUT2D eigenvalue weighted by atomic mass is 33.2. The molecule has 0 unspecified atom stereocenters. The van der Waals surface area contributed by atoms with Gasteiger partial charge in [-0.05, 0) is 0 Å². The molecule has 7 nitrogen and oxygen atoms in total. The zero-order chi connectivity index (χ0) is 17.5. The Hall–Kier alpha value is -0.870. The first kappa shape index (κ1) is 20.1. The van der Waals surface area contributed by atoms with Crippen LogP contribution in [-0.2, 0) is 27.9 Å². The quantitative estimate of drug-likeness (QED) is 0.388. The van der Waals surface area contributed by atoms with Gasteiger partial charge in [0.15, 0.2) is 0 Å². The molecule has 0 aromatic rings. The molecule has 0 saturated heterocycles. The Morgan fingerprint density at radius 3 is 1.48 bits per heavy atom. The van der Waals surface area contributed by atoms with Crippen LogP contribution in [0.4, 0.5) is 26.3 Å². The van der Waals surface area contributed by atoms with Crippen LogP contribution in [0.15, 0.2) is 12.7 Å². The van der Waals surface area contributed by atoms with Crippen molar-refractivity contribution in [1.29, 1.82) is 0 Å². The molecule has 0 spiro atoms. The molecule has 0 heterocycles. The molecule has 0 aromatic carbocycles. The molecule has 0 bridgehead atoms. The van der Waals surface area contributed by atoms with E-state index in [4.69, 9.17) is 0 Å². The lowest BCUT2D eigenvalue weighted by atomic mass is 10.7. The van der Waals surface area contributed by atoms with Crippen molar-refractivity contribution in [3.8, 4) is 0 Å². The molecule has 0 aliphatic carbocycles. The van der Waals surface area contributed by atoms with E-state index in [2.05, 4.69) is 6.58 Å². The molecule has 0 aromatic heterocycles. The summed E-state index contributed by atoms with van der Waals surface area (Å²) >= 11 is 0. The summed E-state index contributed by atoms with van der Waals surface area (Å²) in [4.78, 5) is 0. The molecule has 0 aliphatic rings. The predicted molar refractivity (Wildman–Crippen MR) is 55.8 cm³/mol. The molecule has 0 fully saturated rings. The molecule has 0 rings (SSSR count). The molecule has 0 radical (unpaired) electrons. The topological polar surface area (TPSA) is 106 Å². The van der Waals surface area contributed by atoms with Crippen molar-refractivity contribution in [2.75, 3.05) is 6.54 Å². The van der Waals surface area contributed by atoms with Crippen LogP contribution < -0.4 is 0 Å². The Balaban J connectivity index is 6.50. The molecule has 0 saturated carbocycles. The lowest BCUT2D eigenvalue weighted by molar-refractivity contribution is -0.0472. The summed E-state index contributed by atoms with van der Waals surface area (Å²) in [6, 6.07) is 0. The Kier molecular flexibility index (Phi) is 5.17. The maximum Gasteiger partial charge on any atom is 0.513 e. The number of hydrogen-bond acceptors (Lipinski definition) is 6. The van der Waals surface area contributed by atoms with E-state index < -0.39 is 49.2 Å². The fourth-order valence-corrected chi connectivity index (χ4v) is 6.25. The van der Waals surface area contributed by atoms with Gasteiger partial charge in [-0.25, -0.2) is 16.8 Å². The largest absolute Gasteiger partial charge is 0.513 e. The molecular formula is C5H5F6NO6S3. The van der Waals surface area contributed by atoms with Crippen LogP contribution in [-0.4, -0.2) is 46.5 Å². The van der Waals surface area contributed by atoms with Gasteiger partial charge in [0, 0.05) is 6.54 Å². The Labute approximate surface area is 114 Å². The number of hydrogen-bond donors (Lipinski definition) is 0. The van der Waals surface area contributed by atoms with Gasteiger partial charge in [0.2, 0.25) is 0 Å². The lowest BCUT2D eigenvalue weighted by Crippen LogP contribution is -2.49. The highest BCUT2D eigenvalue weighted by molar-refractivity contribution is 8.67. The van der Waals surface area contributed by atoms with Crippen LogP contribution in [0.1, 0.15) is 0 Å². The van der Waals surface area contributed by atoms with Gasteiger partial charge in [0.1, 0.15) is 0 Å². The normalized spacial score (nSPS) is 15.2. The molecule has 16 heteroatoms. The molecule has 0 amide bonds. The van der Waals surface area contributed by atoms with Crippen LogP contribution in [0.2, 0.25) is 0 Å². The van der Waals surface area contributed by atoms with Gasteiger partial charge in [-0.2, -0.15) is 34.8 Å². The number of nitrogens with zero attached hydrogens (tertiary/aromatic N) is 1. The van der Waals surface area contributed by atoms with Crippen LogP contribution >= 0.6 is 0 Å². The van der Waals surface area contributed by atoms with Crippen molar-refractivity contribution >= 4 is 27.9 Å². The molecule has 0 aliphatic heterocycles. The Bertz CT molecular complexity index is 714. The van der Waals surface area contributed by atoms with Crippen LogP contribution in [0.25, 0.3) is 0 Å². The summed E-state index contributed by atoms with van der Waals surface area (Å²) in [5.41, 5.74) is -12.9. The summed E-state index contributed by atoms with van der Waals surface area (Å²) in [6.45, 7) is 0.778. The minimum Gasteiger partial charge on any atom is -0.202 e. The maximum atomic E-state index is 12.2. The summed E-state index contributed by atoms with van der Waals surface area (Å²) in [6.07, 6.45) is 0.159. The SMILES string of the molecule is C=CCN(S(=O)(=O)C(F)(F)F)S(=O)(=O)S(=O)(=O)C(F)(F)F. The zero-order valence-corrected chi connectivity index (χ0v) is 11.8. The second-order valence-electron chi connectivity index (χ2n) is 3.05. The van der Waals surface area contributed by atoms with Gasteiger partial charge in [-0.1, -0.05) is 9.79 Å². The Morgan fingerprint density at radius 1 is 0.857 bits per heavy atom. The first-order valence-corrected chi connectivity index (χ1v) is 9.09. The minimum absolute atomic E-state index is 0.159. The van der Waals surface area contributed by atoms with E-state index in [0.717, 1.165) is 0 Å². The van der Waals surface area contributed by atoms with E-state index >= 15 is 0 Å². The maximum absolute atomic E-state index is 12.2. The summed E-state index contributed by atoms with van der Waals surface area (Å²) in [7, 11) is -21.1. The van der Waals surface area contributed by atoms with Gasteiger partial charge in [-0.15, -0.1) is 6.58 Å². The average molecular weight is 385 g/mol. The minimum atomic E-state index is -7.27. The monoisotopic (exact) mass is 385 g/mol. The second-order valence-corrected chi connectivity index (χ2v) is 10.4. The van der Waals surface area contributed by atoms with E-state index in [-0.39, 0.29) is 6.08 Å². The van der Waals surface area contributed by atoms with Gasteiger partial charge in [-0.3, -0.25) is 0 Å². The van der Waals surface area contributed by atoms with E-state index in [1.54, 1.807) is 0 Å². The zero-order valence-electron chi connectivity index (χ0n) is 9.38. The van der Waals surface area contributed by atoms with Crippen LogP contribution in [0.3, 0.4) is 0 Å². The fourth-order valence-electron chi connectivity index (χ4n) is 0.759. The average Bonchev–Trinajstić information content (AvgIpc) is 2.21. The third kappa shape index (κ3) is 3.32. The highest BCUT2D eigenvalue weighted by Crippen LogP contribution is 2.35. The van der Waals surface area contributed by atoms with Crippen molar-refractivity contribution in [2.24, 2.45) is 0 Å². The number of rotatable bonds is 5. The van der Waals surface area contributed by atoms with E-state index in [9.17, 15) is 51.6 Å². The molecule has 0 N–H and O–H groups in total.